The molecule has 0 N–H and O–H groups in total. The number of carbonyl (C=O) groups is 2. The number of esters is 2. The highest BCUT2D eigenvalue weighted by Crippen LogP contribution is 2.30. The molecule has 5 heteroatoms. The van der Waals surface area contributed by atoms with Crippen molar-refractivity contribution in [2.24, 2.45) is 5.92 Å². The van der Waals surface area contributed by atoms with Crippen molar-refractivity contribution in [2.45, 2.75) is 38.9 Å². The lowest BCUT2D eigenvalue weighted by Gasteiger charge is -2.22. The standard InChI is InChI=1S/C13H20O5/c1-8(2)11(18-9(3)14)5-10(12-7-17-12)6-13(15)16-4/h10-12H,1,5-7H2,2-4H3/t10-,11+,12+/m1/s1. The second-order valence-electron chi connectivity index (χ2n) is 4.59. The molecular weight excluding hydrogens is 236 g/mol. The zero-order valence-electron chi connectivity index (χ0n) is 11.1. The van der Waals surface area contributed by atoms with Gasteiger partial charge in [-0.1, -0.05) is 6.58 Å². The minimum atomic E-state index is -0.374. The molecule has 1 aliphatic heterocycles. The third kappa shape index (κ3) is 4.87. The van der Waals surface area contributed by atoms with E-state index < -0.39 is 0 Å². The molecule has 102 valence electrons. The van der Waals surface area contributed by atoms with E-state index in [1.54, 1.807) is 6.92 Å². The minimum absolute atomic E-state index is 0.00139. The van der Waals surface area contributed by atoms with Crippen LogP contribution < -0.4 is 0 Å². The van der Waals surface area contributed by atoms with Gasteiger partial charge in [0.25, 0.3) is 0 Å². The molecule has 1 aliphatic rings. The number of ether oxygens (including phenoxy) is 3. The van der Waals surface area contributed by atoms with Crippen LogP contribution in [0.2, 0.25) is 0 Å². The first-order valence-corrected chi connectivity index (χ1v) is 5.95. The summed E-state index contributed by atoms with van der Waals surface area (Å²) in [6, 6.07) is 0. The largest absolute Gasteiger partial charge is 0.469 e. The maximum Gasteiger partial charge on any atom is 0.305 e. The Kier molecular flexibility index (Phi) is 5.34. The van der Waals surface area contributed by atoms with Gasteiger partial charge in [0.05, 0.1) is 26.2 Å². The monoisotopic (exact) mass is 256 g/mol. The van der Waals surface area contributed by atoms with E-state index in [0.717, 1.165) is 5.57 Å². The van der Waals surface area contributed by atoms with E-state index in [1.807, 2.05) is 0 Å². The average Bonchev–Trinajstić information content (AvgIpc) is 3.09. The van der Waals surface area contributed by atoms with Crippen LogP contribution in [0.3, 0.4) is 0 Å². The number of rotatable bonds is 7. The summed E-state index contributed by atoms with van der Waals surface area (Å²) in [6.07, 6.45) is 0.490. The normalized spacial score (nSPS) is 20.7. The lowest BCUT2D eigenvalue weighted by molar-refractivity contribution is -0.145. The van der Waals surface area contributed by atoms with E-state index in [2.05, 4.69) is 11.3 Å². The summed E-state index contributed by atoms with van der Waals surface area (Å²) in [5.74, 6) is -0.631. The Balaban J connectivity index is 2.59. The van der Waals surface area contributed by atoms with Crippen LogP contribution in [-0.2, 0) is 23.8 Å². The third-order valence-corrected chi connectivity index (χ3v) is 2.92. The highest BCUT2D eigenvalue weighted by atomic mass is 16.6. The summed E-state index contributed by atoms with van der Waals surface area (Å²) in [5.41, 5.74) is 0.765. The fourth-order valence-electron chi connectivity index (χ4n) is 1.82. The zero-order chi connectivity index (χ0) is 13.7. The number of carbonyl (C=O) groups excluding carboxylic acids is 2. The van der Waals surface area contributed by atoms with Gasteiger partial charge in [-0.15, -0.1) is 0 Å². The molecule has 1 heterocycles. The van der Waals surface area contributed by atoms with Gasteiger partial charge in [-0.25, -0.2) is 0 Å². The van der Waals surface area contributed by atoms with Gasteiger partial charge in [-0.05, 0) is 18.9 Å². The molecule has 0 aromatic rings. The molecular formula is C13H20O5. The van der Waals surface area contributed by atoms with Crippen molar-refractivity contribution in [1.82, 2.24) is 0 Å². The molecule has 0 bridgehead atoms. The molecule has 1 saturated heterocycles. The van der Waals surface area contributed by atoms with E-state index in [4.69, 9.17) is 9.47 Å². The lowest BCUT2D eigenvalue weighted by atomic mass is 9.92. The smallest absolute Gasteiger partial charge is 0.305 e. The molecule has 1 fully saturated rings. The van der Waals surface area contributed by atoms with Crippen LogP contribution in [-0.4, -0.2) is 37.9 Å². The Labute approximate surface area is 107 Å². The van der Waals surface area contributed by atoms with Crippen LogP contribution >= 0.6 is 0 Å². The maximum absolute atomic E-state index is 11.3. The van der Waals surface area contributed by atoms with E-state index in [1.165, 1.54) is 14.0 Å². The van der Waals surface area contributed by atoms with Crippen LogP contribution in [0.4, 0.5) is 0 Å². The van der Waals surface area contributed by atoms with Gasteiger partial charge < -0.3 is 14.2 Å². The second-order valence-corrected chi connectivity index (χ2v) is 4.59. The molecule has 0 aromatic carbocycles. The Morgan fingerprint density at radius 1 is 1.44 bits per heavy atom. The third-order valence-electron chi connectivity index (χ3n) is 2.92. The molecule has 0 spiro atoms. The fourth-order valence-corrected chi connectivity index (χ4v) is 1.82. The van der Waals surface area contributed by atoms with Gasteiger partial charge in [0.2, 0.25) is 0 Å². The molecule has 0 radical (unpaired) electrons. The van der Waals surface area contributed by atoms with E-state index in [-0.39, 0.29) is 36.5 Å². The Hall–Kier alpha value is -1.36. The second kappa shape index (κ2) is 6.54. The Morgan fingerprint density at radius 2 is 2.06 bits per heavy atom. The molecule has 18 heavy (non-hydrogen) atoms. The number of hydrogen-bond donors (Lipinski definition) is 0. The zero-order valence-corrected chi connectivity index (χ0v) is 11.1. The molecule has 0 aromatic heterocycles. The highest BCUT2D eigenvalue weighted by Gasteiger charge is 2.36. The van der Waals surface area contributed by atoms with Crippen LogP contribution in [0, 0.1) is 5.92 Å². The summed E-state index contributed by atoms with van der Waals surface area (Å²) in [7, 11) is 1.36. The highest BCUT2D eigenvalue weighted by molar-refractivity contribution is 5.69. The number of methoxy groups -OCH3 is 1. The van der Waals surface area contributed by atoms with Crippen LogP contribution in [0.15, 0.2) is 12.2 Å². The van der Waals surface area contributed by atoms with Gasteiger partial charge in [-0.3, -0.25) is 9.59 Å². The summed E-state index contributed by atoms with van der Waals surface area (Å²) in [5, 5.41) is 0. The van der Waals surface area contributed by atoms with Crippen molar-refractivity contribution in [2.75, 3.05) is 13.7 Å². The van der Waals surface area contributed by atoms with Crippen molar-refractivity contribution in [3.8, 4) is 0 Å². The van der Waals surface area contributed by atoms with Gasteiger partial charge in [0.1, 0.15) is 6.10 Å². The SMILES string of the molecule is C=C(C)[C@H](C[C@H](CC(=O)OC)[C@@H]1CO1)OC(C)=O. The first kappa shape index (κ1) is 14.7. The number of epoxide rings is 1. The predicted octanol–water partition coefficient (Wildman–Crippen LogP) is 1.46. The van der Waals surface area contributed by atoms with Gasteiger partial charge in [-0.2, -0.15) is 0 Å². The minimum Gasteiger partial charge on any atom is -0.469 e. The topological polar surface area (TPSA) is 65.1 Å². The molecule has 0 unspecified atom stereocenters. The van der Waals surface area contributed by atoms with Gasteiger partial charge >= 0.3 is 11.9 Å². The van der Waals surface area contributed by atoms with Crippen molar-refractivity contribution < 1.29 is 23.8 Å². The van der Waals surface area contributed by atoms with E-state index in [9.17, 15) is 9.59 Å². The quantitative estimate of drug-likeness (QED) is 0.392. The molecule has 5 nitrogen and oxygen atoms in total. The summed E-state index contributed by atoms with van der Waals surface area (Å²) in [6.45, 7) is 7.61. The Morgan fingerprint density at radius 3 is 2.44 bits per heavy atom. The number of hydrogen-bond acceptors (Lipinski definition) is 5. The van der Waals surface area contributed by atoms with Crippen molar-refractivity contribution in [3.05, 3.63) is 12.2 Å². The predicted molar refractivity (Wildman–Crippen MR) is 64.8 cm³/mol. The van der Waals surface area contributed by atoms with Crippen molar-refractivity contribution >= 4 is 11.9 Å². The Bertz CT molecular complexity index is 332. The molecule has 0 saturated carbocycles. The maximum atomic E-state index is 11.3. The van der Waals surface area contributed by atoms with E-state index in [0.29, 0.717) is 13.0 Å². The van der Waals surface area contributed by atoms with Crippen molar-refractivity contribution in [3.63, 3.8) is 0 Å². The molecule has 0 aliphatic carbocycles. The molecule has 0 amide bonds. The first-order chi connectivity index (χ1) is 8.43. The molecule has 1 rings (SSSR count). The van der Waals surface area contributed by atoms with Crippen molar-refractivity contribution in [1.29, 1.82) is 0 Å². The summed E-state index contributed by atoms with van der Waals surface area (Å²) < 4.78 is 15.1. The lowest BCUT2D eigenvalue weighted by Crippen LogP contribution is -2.25. The van der Waals surface area contributed by atoms with Crippen LogP contribution in [0.1, 0.15) is 26.7 Å². The summed E-state index contributed by atoms with van der Waals surface area (Å²) in [4.78, 5) is 22.3. The van der Waals surface area contributed by atoms with E-state index >= 15 is 0 Å². The summed E-state index contributed by atoms with van der Waals surface area (Å²) >= 11 is 0. The van der Waals surface area contributed by atoms with Gasteiger partial charge in [0.15, 0.2) is 0 Å². The molecule has 3 atom stereocenters. The average molecular weight is 256 g/mol. The van der Waals surface area contributed by atoms with Gasteiger partial charge in [0, 0.05) is 12.8 Å². The van der Waals surface area contributed by atoms with Crippen LogP contribution in [0.5, 0.6) is 0 Å². The first-order valence-electron chi connectivity index (χ1n) is 5.95. The van der Waals surface area contributed by atoms with Crippen LogP contribution in [0.25, 0.3) is 0 Å². The fraction of sp³-hybridized carbons (Fsp3) is 0.692.